The van der Waals surface area contributed by atoms with Crippen LogP contribution in [0.15, 0.2) is 0 Å². The van der Waals surface area contributed by atoms with Crippen molar-refractivity contribution in [3.63, 3.8) is 0 Å². The topological polar surface area (TPSA) is 80.1 Å². The van der Waals surface area contributed by atoms with E-state index < -0.39 is 0 Å². The Labute approximate surface area is 118 Å². The first-order chi connectivity index (χ1) is 9.42. The van der Waals surface area contributed by atoms with Crippen LogP contribution in [0.4, 0.5) is 5.95 Å². The van der Waals surface area contributed by atoms with Crippen molar-refractivity contribution in [2.75, 3.05) is 18.4 Å². The van der Waals surface area contributed by atoms with Crippen molar-refractivity contribution in [1.29, 1.82) is 0 Å². The number of carbonyl (C=O) groups is 2. The molecule has 0 aliphatic carbocycles. The molecular formula is C13H21N5O2. The average molecular weight is 279 g/mol. The molecule has 2 rings (SSSR count). The minimum Gasteiger partial charge on any atom is -0.342 e. The van der Waals surface area contributed by atoms with Gasteiger partial charge < -0.3 is 4.90 Å². The van der Waals surface area contributed by atoms with Crippen LogP contribution in [0.5, 0.6) is 0 Å². The van der Waals surface area contributed by atoms with Crippen LogP contribution in [0.2, 0.25) is 0 Å². The highest BCUT2D eigenvalue weighted by Gasteiger charge is 2.33. The van der Waals surface area contributed by atoms with Gasteiger partial charge in [0.05, 0.1) is 5.92 Å². The average Bonchev–Trinajstić information content (AvgIpc) is 2.93. The van der Waals surface area contributed by atoms with E-state index >= 15 is 0 Å². The molecule has 1 aliphatic heterocycles. The summed E-state index contributed by atoms with van der Waals surface area (Å²) in [5, 5.41) is 7.01. The minimum atomic E-state index is -0.304. The van der Waals surface area contributed by atoms with Crippen LogP contribution in [0, 0.1) is 5.92 Å². The van der Waals surface area contributed by atoms with Crippen LogP contribution >= 0.6 is 0 Å². The van der Waals surface area contributed by atoms with E-state index in [0.29, 0.717) is 24.9 Å². The molecule has 20 heavy (non-hydrogen) atoms. The lowest BCUT2D eigenvalue weighted by atomic mass is 10.1. The number of hydrogen-bond donors (Lipinski definition) is 1. The number of carbonyl (C=O) groups excluding carboxylic acids is 2. The molecule has 0 bridgehead atoms. The Morgan fingerprint density at radius 3 is 2.70 bits per heavy atom. The van der Waals surface area contributed by atoms with Gasteiger partial charge in [-0.25, -0.2) is 4.68 Å². The summed E-state index contributed by atoms with van der Waals surface area (Å²) in [6.45, 7) is 7.03. The monoisotopic (exact) mass is 279 g/mol. The van der Waals surface area contributed by atoms with Gasteiger partial charge in [0.1, 0.15) is 0 Å². The molecule has 110 valence electrons. The normalized spacial score (nSPS) is 18.9. The molecule has 1 aliphatic rings. The van der Waals surface area contributed by atoms with Gasteiger partial charge in [0.15, 0.2) is 5.82 Å². The number of hydrogen-bond acceptors (Lipinski definition) is 4. The van der Waals surface area contributed by atoms with E-state index in [9.17, 15) is 9.59 Å². The molecule has 1 aromatic heterocycles. The number of aryl methyl sites for hydroxylation is 1. The van der Waals surface area contributed by atoms with Gasteiger partial charge in [-0.3, -0.25) is 14.9 Å². The summed E-state index contributed by atoms with van der Waals surface area (Å²) in [4.78, 5) is 29.8. The zero-order valence-electron chi connectivity index (χ0n) is 12.4. The van der Waals surface area contributed by atoms with Crippen molar-refractivity contribution in [2.45, 2.75) is 33.1 Å². The number of rotatable bonds is 4. The highest BCUT2D eigenvalue weighted by molar-refractivity contribution is 5.96. The number of likely N-dealkylation sites (tertiary alicyclic amines) is 1. The quantitative estimate of drug-likeness (QED) is 0.881. The molecule has 0 spiro atoms. The van der Waals surface area contributed by atoms with E-state index in [-0.39, 0.29) is 30.1 Å². The number of nitrogens with one attached hydrogen (secondary N) is 1. The Kier molecular flexibility index (Phi) is 4.06. The Bertz CT molecular complexity index is 523. The smallest absolute Gasteiger partial charge is 0.232 e. The maximum atomic E-state index is 12.2. The van der Waals surface area contributed by atoms with Crippen molar-refractivity contribution in [2.24, 2.45) is 13.0 Å². The Morgan fingerprint density at radius 2 is 2.20 bits per heavy atom. The van der Waals surface area contributed by atoms with Gasteiger partial charge in [-0.05, 0) is 6.92 Å². The van der Waals surface area contributed by atoms with E-state index in [2.05, 4.69) is 15.4 Å². The largest absolute Gasteiger partial charge is 0.342 e. The van der Waals surface area contributed by atoms with E-state index in [1.807, 2.05) is 20.8 Å². The van der Waals surface area contributed by atoms with Gasteiger partial charge in [0.2, 0.25) is 17.8 Å². The summed E-state index contributed by atoms with van der Waals surface area (Å²) in [6.07, 6.45) is 0.272. The fourth-order valence-electron chi connectivity index (χ4n) is 2.22. The highest BCUT2D eigenvalue weighted by Crippen LogP contribution is 2.19. The molecule has 1 atom stereocenters. The first kappa shape index (κ1) is 14.5. The number of amides is 2. The van der Waals surface area contributed by atoms with Gasteiger partial charge in [0, 0.05) is 32.5 Å². The molecule has 1 saturated heterocycles. The van der Waals surface area contributed by atoms with Crippen molar-refractivity contribution < 1.29 is 9.59 Å². The summed E-state index contributed by atoms with van der Waals surface area (Å²) >= 11 is 0. The summed E-state index contributed by atoms with van der Waals surface area (Å²) in [7, 11) is 1.74. The van der Waals surface area contributed by atoms with Crippen LogP contribution in [0.1, 0.15) is 38.9 Å². The highest BCUT2D eigenvalue weighted by atomic mass is 16.2. The molecule has 1 aromatic rings. The van der Waals surface area contributed by atoms with Gasteiger partial charge in [-0.15, -0.1) is 0 Å². The van der Waals surface area contributed by atoms with E-state index in [1.54, 1.807) is 16.6 Å². The van der Waals surface area contributed by atoms with Crippen LogP contribution in [-0.2, 0) is 16.6 Å². The molecule has 0 saturated carbocycles. The third-order valence-electron chi connectivity index (χ3n) is 3.50. The Morgan fingerprint density at radius 1 is 1.50 bits per heavy atom. The molecule has 7 nitrogen and oxygen atoms in total. The number of nitrogens with zero attached hydrogens (tertiary/aromatic N) is 4. The fourth-order valence-corrected chi connectivity index (χ4v) is 2.22. The Hall–Kier alpha value is -1.92. The third-order valence-corrected chi connectivity index (χ3v) is 3.50. The maximum absolute atomic E-state index is 12.2. The van der Waals surface area contributed by atoms with E-state index in [1.165, 1.54) is 0 Å². The van der Waals surface area contributed by atoms with Gasteiger partial charge in [-0.2, -0.15) is 10.1 Å². The van der Waals surface area contributed by atoms with Crippen molar-refractivity contribution in [3.8, 4) is 0 Å². The van der Waals surface area contributed by atoms with Crippen LogP contribution in [-0.4, -0.2) is 44.6 Å². The number of aromatic nitrogens is 3. The second kappa shape index (κ2) is 5.60. The Balaban J connectivity index is 2.03. The van der Waals surface area contributed by atoms with Crippen molar-refractivity contribution >= 4 is 17.8 Å². The molecule has 0 aromatic carbocycles. The second-order valence-electron chi connectivity index (χ2n) is 5.39. The first-order valence-electron chi connectivity index (χ1n) is 6.92. The van der Waals surface area contributed by atoms with Gasteiger partial charge in [-0.1, -0.05) is 13.8 Å². The predicted octanol–water partition coefficient (Wildman–Crippen LogP) is 0.745. The summed E-state index contributed by atoms with van der Waals surface area (Å²) in [5.74, 6) is 0.896. The molecule has 2 amide bonds. The zero-order chi connectivity index (χ0) is 14.9. The molecule has 7 heteroatoms. The fraction of sp³-hybridized carbons (Fsp3) is 0.692. The summed E-state index contributed by atoms with van der Waals surface area (Å²) in [6, 6.07) is 0. The maximum Gasteiger partial charge on any atom is 0.232 e. The predicted molar refractivity (Wildman–Crippen MR) is 74.1 cm³/mol. The van der Waals surface area contributed by atoms with Crippen molar-refractivity contribution in [3.05, 3.63) is 5.82 Å². The van der Waals surface area contributed by atoms with Crippen LogP contribution in [0.3, 0.4) is 0 Å². The molecule has 1 N–H and O–H groups in total. The minimum absolute atomic E-state index is 0.0356. The summed E-state index contributed by atoms with van der Waals surface area (Å²) < 4.78 is 1.56. The zero-order valence-corrected chi connectivity index (χ0v) is 12.4. The van der Waals surface area contributed by atoms with Gasteiger partial charge >= 0.3 is 0 Å². The lowest BCUT2D eigenvalue weighted by Crippen LogP contribution is -2.28. The first-order valence-corrected chi connectivity index (χ1v) is 6.92. The molecule has 0 unspecified atom stereocenters. The lowest BCUT2D eigenvalue weighted by Gasteiger charge is -2.13. The van der Waals surface area contributed by atoms with E-state index in [0.717, 1.165) is 0 Å². The standard InChI is InChI=1S/C13H21N5O2/c1-5-18-7-9(6-10(18)19)12(20)15-13-14-11(8(2)3)16-17(13)4/h8-9H,5-7H2,1-4H3,(H,14,15,16,20)/t9-/m0/s1. The van der Waals surface area contributed by atoms with Crippen LogP contribution in [0.25, 0.3) is 0 Å². The summed E-state index contributed by atoms with van der Waals surface area (Å²) in [5.41, 5.74) is 0. The molecule has 1 fully saturated rings. The SMILES string of the molecule is CCN1C[C@@H](C(=O)Nc2nc(C(C)C)nn2C)CC1=O. The lowest BCUT2D eigenvalue weighted by molar-refractivity contribution is -0.128. The third kappa shape index (κ3) is 2.81. The molecule has 2 heterocycles. The second-order valence-corrected chi connectivity index (χ2v) is 5.39. The molecular weight excluding hydrogens is 258 g/mol. The van der Waals surface area contributed by atoms with E-state index in [4.69, 9.17) is 0 Å². The van der Waals surface area contributed by atoms with Gasteiger partial charge in [0.25, 0.3) is 0 Å². The molecule has 0 radical (unpaired) electrons. The number of anilines is 1. The van der Waals surface area contributed by atoms with Crippen molar-refractivity contribution in [1.82, 2.24) is 19.7 Å². The van der Waals surface area contributed by atoms with Crippen LogP contribution < -0.4 is 5.32 Å².